The first-order valence-corrected chi connectivity index (χ1v) is 8.67. The molecule has 1 aromatic carbocycles. The van der Waals surface area contributed by atoms with Crippen molar-refractivity contribution in [3.63, 3.8) is 0 Å². The van der Waals surface area contributed by atoms with E-state index in [4.69, 9.17) is 14.2 Å². The molecule has 4 fully saturated rings. The first-order valence-electron chi connectivity index (χ1n) is 8.67. The molecule has 3 saturated heterocycles. The summed E-state index contributed by atoms with van der Waals surface area (Å²) in [5.41, 5.74) is -0.224. The fourth-order valence-corrected chi connectivity index (χ4v) is 4.27. The van der Waals surface area contributed by atoms with E-state index in [-0.39, 0.29) is 11.0 Å². The van der Waals surface area contributed by atoms with Crippen LogP contribution in [0, 0.1) is 34.7 Å². The average molecular weight is 354 g/mol. The maximum Gasteiger partial charge on any atom is 0.312 e. The standard InChI is InChI=1S/C19H21F3O3/c1-2-12-3-5-13(6-4-12)18-9-23-19(24-10-18,25-11-18)14-7-15(20)17(22)16(21)8-14/h2,7-8,12-13H,1,3-6,9-11H2. The highest BCUT2D eigenvalue weighted by Crippen LogP contribution is 2.51. The average Bonchev–Trinajstić information content (AvgIpc) is 2.67. The summed E-state index contributed by atoms with van der Waals surface area (Å²) in [6.07, 6.45) is 6.31. The zero-order valence-electron chi connectivity index (χ0n) is 13.9. The highest BCUT2D eigenvalue weighted by molar-refractivity contribution is 5.23. The molecule has 0 unspecified atom stereocenters. The van der Waals surface area contributed by atoms with Crippen molar-refractivity contribution >= 4 is 0 Å². The molecule has 1 aliphatic carbocycles. The van der Waals surface area contributed by atoms with Crippen LogP contribution in [0.3, 0.4) is 0 Å². The van der Waals surface area contributed by atoms with Crippen LogP contribution in [0.2, 0.25) is 0 Å². The van der Waals surface area contributed by atoms with Gasteiger partial charge < -0.3 is 14.2 Å². The Morgan fingerprint density at radius 2 is 1.44 bits per heavy atom. The molecule has 1 aromatic rings. The molecule has 3 nitrogen and oxygen atoms in total. The third kappa shape index (κ3) is 2.71. The molecule has 3 aliphatic heterocycles. The van der Waals surface area contributed by atoms with E-state index in [2.05, 4.69) is 6.58 Å². The van der Waals surface area contributed by atoms with Gasteiger partial charge in [0.25, 0.3) is 0 Å². The van der Waals surface area contributed by atoms with Gasteiger partial charge in [-0.1, -0.05) is 6.08 Å². The zero-order valence-corrected chi connectivity index (χ0v) is 13.9. The summed E-state index contributed by atoms with van der Waals surface area (Å²) >= 11 is 0. The summed E-state index contributed by atoms with van der Waals surface area (Å²) < 4.78 is 57.7. The zero-order chi connectivity index (χ0) is 17.7. The number of hydrogen-bond acceptors (Lipinski definition) is 3. The Morgan fingerprint density at radius 3 is 1.92 bits per heavy atom. The number of halogens is 3. The lowest BCUT2D eigenvalue weighted by molar-refractivity contribution is -0.486. The fourth-order valence-electron chi connectivity index (χ4n) is 4.27. The summed E-state index contributed by atoms with van der Waals surface area (Å²) in [4.78, 5) is 0. The lowest BCUT2D eigenvalue weighted by atomic mass is 9.67. The molecule has 6 heteroatoms. The van der Waals surface area contributed by atoms with Gasteiger partial charge in [-0.05, 0) is 49.7 Å². The van der Waals surface area contributed by atoms with Gasteiger partial charge in [0.2, 0.25) is 0 Å². The minimum atomic E-state index is -1.64. The third-order valence-corrected chi connectivity index (χ3v) is 5.96. The number of hydrogen-bond donors (Lipinski definition) is 0. The van der Waals surface area contributed by atoms with Crippen molar-refractivity contribution in [1.82, 2.24) is 0 Å². The molecule has 25 heavy (non-hydrogen) atoms. The Morgan fingerprint density at radius 1 is 0.920 bits per heavy atom. The van der Waals surface area contributed by atoms with E-state index in [0.29, 0.717) is 31.7 Å². The van der Waals surface area contributed by atoms with E-state index in [1.165, 1.54) is 0 Å². The van der Waals surface area contributed by atoms with Crippen LogP contribution in [0.5, 0.6) is 0 Å². The van der Waals surface area contributed by atoms with Crippen molar-refractivity contribution in [3.8, 4) is 0 Å². The van der Waals surface area contributed by atoms with Crippen LogP contribution >= 0.6 is 0 Å². The Labute approximate surface area is 144 Å². The number of rotatable bonds is 3. The normalized spacial score (nSPS) is 37.9. The molecule has 5 rings (SSSR count). The molecule has 3 heterocycles. The van der Waals surface area contributed by atoms with Crippen LogP contribution in [0.15, 0.2) is 24.8 Å². The first-order chi connectivity index (χ1) is 12.0. The van der Waals surface area contributed by atoms with Gasteiger partial charge in [0.05, 0.1) is 19.8 Å². The summed E-state index contributed by atoms with van der Waals surface area (Å²) in [6.45, 7) is 5.07. The van der Waals surface area contributed by atoms with Crippen LogP contribution in [0.25, 0.3) is 0 Å². The van der Waals surface area contributed by atoms with Gasteiger partial charge in [0, 0.05) is 11.0 Å². The molecule has 0 atom stereocenters. The highest BCUT2D eigenvalue weighted by atomic mass is 19.2. The molecule has 0 spiro atoms. The minimum Gasteiger partial charge on any atom is -0.323 e. The van der Waals surface area contributed by atoms with E-state index in [1.807, 2.05) is 6.08 Å². The second kappa shape index (κ2) is 6.11. The van der Waals surface area contributed by atoms with Crippen LogP contribution < -0.4 is 0 Å². The molecule has 4 aliphatic rings. The molecule has 0 N–H and O–H groups in total. The van der Waals surface area contributed by atoms with Gasteiger partial charge in [0.1, 0.15) is 0 Å². The van der Waals surface area contributed by atoms with Gasteiger partial charge in [-0.25, -0.2) is 13.2 Å². The molecule has 0 amide bonds. The Bertz CT molecular complexity index is 635. The van der Waals surface area contributed by atoms with Crippen molar-refractivity contribution in [1.29, 1.82) is 0 Å². The van der Waals surface area contributed by atoms with Gasteiger partial charge in [-0.3, -0.25) is 0 Å². The van der Waals surface area contributed by atoms with Crippen molar-refractivity contribution in [3.05, 3.63) is 47.8 Å². The van der Waals surface area contributed by atoms with Crippen LogP contribution in [0.4, 0.5) is 13.2 Å². The van der Waals surface area contributed by atoms with Gasteiger partial charge in [-0.2, -0.15) is 0 Å². The van der Waals surface area contributed by atoms with Crippen molar-refractivity contribution < 1.29 is 27.4 Å². The molecular formula is C19H21F3O3. The molecule has 2 bridgehead atoms. The van der Waals surface area contributed by atoms with E-state index < -0.39 is 23.4 Å². The first kappa shape index (κ1) is 17.1. The Kier molecular flexibility index (Phi) is 4.17. The second-order valence-corrected chi connectivity index (χ2v) is 7.39. The quantitative estimate of drug-likeness (QED) is 0.599. The highest BCUT2D eigenvalue weighted by Gasteiger charge is 2.57. The molecule has 0 radical (unpaired) electrons. The van der Waals surface area contributed by atoms with Gasteiger partial charge in [0.15, 0.2) is 17.5 Å². The topological polar surface area (TPSA) is 27.7 Å². The number of benzene rings is 1. The predicted molar refractivity (Wildman–Crippen MR) is 83.9 cm³/mol. The van der Waals surface area contributed by atoms with Crippen LogP contribution in [-0.2, 0) is 20.2 Å². The number of allylic oxidation sites excluding steroid dienone is 1. The van der Waals surface area contributed by atoms with Crippen LogP contribution in [0.1, 0.15) is 31.2 Å². The van der Waals surface area contributed by atoms with E-state index >= 15 is 0 Å². The van der Waals surface area contributed by atoms with E-state index in [1.54, 1.807) is 0 Å². The van der Waals surface area contributed by atoms with Gasteiger partial charge >= 0.3 is 5.97 Å². The maximum absolute atomic E-state index is 13.6. The summed E-state index contributed by atoms with van der Waals surface area (Å²) in [7, 11) is 0. The third-order valence-electron chi connectivity index (χ3n) is 5.96. The van der Waals surface area contributed by atoms with Crippen molar-refractivity contribution in [2.45, 2.75) is 31.7 Å². The number of fused-ring (bicyclic) bond motifs is 3. The molecule has 136 valence electrons. The van der Waals surface area contributed by atoms with Gasteiger partial charge in [-0.15, -0.1) is 6.58 Å². The smallest absolute Gasteiger partial charge is 0.312 e. The lowest BCUT2D eigenvalue weighted by Crippen LogP contribution is -2.61. The summed E-state index contributed by atoms with van der Waals surface area (Å²) in [6, 6.07) is 1.73. The summed E-state index contributed by atoms with van der Waals surface area (Å²) in [5, 5.41) is 0. The molecule has 1 saturated carbocycles. The largest absolute Gasteiger partial charge is 0.323 e. The number of ether oxygens (including phenoxy) is 3. The summed E-state index contributed by atoms with van der Waals surface area (Å²) in [5.74, 6) is -4.75. The maximum atomic E-state index is 13.6. The molecular weight excluding hydrogens is 333 g/mol. The predicted octanol–water partition coefficient (Wildman–Crippen LogP) is 4.27. The molecule has 0 aromatic heterocycles. The SMILES string of the molecule is C=CC1CCC(C23COC(c4cc(F)c(F)c(F)c4)(OC2)OC3)CC1. The fraction of sp³-hybridized carbons (Fsp3) is 0.579. The minimum absolute atomic E-state index is 0.00701. The van der Waals surface area contributed by atoms with E-state index in [9.17, 15) is 13.2 Å². The monoisotopic (exact) mass is 354 g/mol. The van der Waals surface area contributed by atoms with E-state index in [0.717, 1.165) is 37.8 Å². The Balaban J connectivity index is 1.52. The van der Waals surface area contributed by atoms with Crippen LogP contribution in [-0.4, -0.2) is 19.8 Å². The lowest BCUT2D eigenvalue weighted by Gasteiger charge is -2.55. The second-order valence-electron chi connectivity index (χ2n) is 7.39. The van der Waals surface area contributed by atoms with Crippen molar-refractivity contribution in [2.24, 2.45) is 17.3 Å². The van der Waals surface area contributed by atoms with Crippen molar-refractivity contribution in [2.75, 3.05) is 19.8 Å². The Hall–Kier alpha value is -1.37.